The van der Waals surface area contributed by atoms with Gasteiger partial charge in [-0.05, 0) is 6.07 Å². The molecule has 0 radical (unpaired) electrons. The Morgan fingerprint density at radius 1 is 0.778 bits per heavy atom. The van der Waals surface area contributed by atoms with Crippen molar-refractivity contribution in [3.05, 3.63) is 71.3 Å². The smallest absolute Gasteiger partial charge is 0.374 e. The minimum atomic E-state index is -0.886. The third-order valence-electron chi connectivity index (χ3n) is 3.73. The SMILES string of the molecule is CCC(=O)C(=O)OCCCOC(=O)c1ccccc1C(=O)c1ccccc1. The Morgan fingerprint density at radius 2 is 1.37 bits per heavy atom. The third-order valence-corrected chi connectivity index (χ3v) is 3.73. The second-order valence-electron chi connectivity index (χ2n) is 5.64. The fraction of sp³-hybridized carbons (Fsp3) is 0.238. The van der Waals surface area contributed by atoms with E-state index >= 15 is 0 Å². The van der Waals surface area contributed by atoms with Gasteiger partial charge in [-0.2, -0.15) is 0 Å². The number of rotatable bonds is 9. The van der Waals surface area contributed by atoms with E-state index in [9.17, 15) is 19.2 Å². The summed E-state index contributed by atoms with van der Waals surface area (Å²) >= 11 is 0. The molecule has 0 heterocycles. The number of hydrogen-bond acceptors (Lipinski definition) is 6. The molecule has 0 unspecified atom stereocenters. The summed E-state index contributed by atoms with van der Waals surface area (Å²) in [7, 11) is 0. The molecule has 140 valence electrons. The van der Waals surface area contributed by atoms with Crippen molar-refractivity contribution in [2.24, 2.45) is 0 Å². The van der Waals surface area contributed by atoms with Gasteiger partial charge in [0.2, 0.25) is 5.78 Å². The number of ether oxygens (including phenoxy) is 2. The highest BCUT2D eigenvalue weighted by molar-refractivity contribution is 6.33. The Bertz CT molecular complexity index is 826. The van der Waals surface area contributed by atoms with Crippen molar-refractivity contribution in [1.82, 2.24) is 0 Å². The predicted octanol–water partition coefficient (Wildman–Crippen LogP) is 2.99. The fourth-order valence-corrected chi connectivity index (χ4v) is 2.30. The van der Waals surface area contributed by atoms with Crippen LogP contribution in [0.1, 0.15) is 46.0 Å². The van der Waals surface area contributed by atoms with E-state index in [4.69, 9.17) is 9.47 Å². The molecule has 0 saturated carbocycles. The van der Waals surface area contributed by atoms with E-state index in [1.807, 2.05) is 0 Å². The summed E-state index contributed by atoms with van der Waals surface area (Å²) in [4.78, 5) is 47.3. The number of carbonyl (C=O) groups excluding carboxylic acids is 4. The first-order valence-electron chi connectivity index (χ1n) is 8.60. The van der Waals surface area contributed by atoms with Crippen molar-refractivity contribution >= 4 is 23.5 Å². The van der Waals surface area contributed by atoms with Gasteiger partial charge in [0.05, 0.1) is 18.8 Å². The molecule has 6 heteroatoms. The van der Waals surface area contributed by atoms with E-state index in [0.717, 1.165) is 0 Å². The molecule has 2 rings (SSSR count). The largest absolute Gasteiger partial charge is 0.462 e. The van der Waals surface area contributed by atoms with E-state index in [0.29, 0.717) is 5.56 Å². The molecule has 0 amide bonds. The molecule has 0 aliphatic heterocycles. The highest BCUT2D eigenvalue weighted by atomic mass is 16.5. The fourth-order valence-electron chi connectivity index (χ4n) is 2.30. The van der Waals surface area contributed by atoms with Crippen LogP contribution < -0.4 is 0 Å². The molecule has 0 spiro atoms. The Balaban J connectivity index is 1.93. The summed E-state index contributed by atoms with van der Waals surface area (Å²) in [5.74, 6) is -2.39. The van der Waals surface area contributed by atoms with E-state index in [-0.39, 0.29) is 43.0 Å². The maximum absolute atomic E-state index is 12.6. The summed E-state index contributed by atoms with van der Waals surface area (Å²) in [5, 5.41) is 0. The van der Waals surface area contributed by atoms with Crippen molar-refractivity contribution in [3.8, 4) is 0 Å². The Kier molecular flexibility index (Phi) is 7.43. The number of ketones is 2. The van der Waals surface area contributed by atoms with E-state index in [1.165, 1.54) is 6.07 Å². The normalized spacial score (nSPS) is 10.1. The zero-order valence-corrected chi connectivity index (χ0v) is 15.0. The van der Waals surface area contributed by atoms with Gasteiger partial charge >= 0.3 is 11.9 Å². The van der Waals surface area contributed by atoms with Crippen LogP contribution in [0, 0.1) is 0 Å². The molecule has 27 heavy (non-hydrogen) atoms. The van der Waals surface area contributed by atoms with Crippen LogP contribution in [0.25, 0.3) is 0 Å². The highest BCUT2D eigenvalue weighted by Gasteiger charge is 2.19. The van der Waals surface area contributed by atoms with Crippen molar-refractivity contribution in [2.45, 2.75) is 19.8 Å². The van der Waals surface area contributed by atoms with Crippen LogP contribution in [0.2, 0.25) is 0 Å². The molecule has 0 N–H and O–H groups in total. The molecule has 0 aromatic heterocycles. The van der Waals surface area contributed by atoms with Crippen LogP contribution >= 0.6 is 0 Å². The molecular formula is C21H20O6. The lowest BCUT2D eigenvalue weighted by molar-refractivity contribution is -0.153. The van der Waals surface area contributed by atoms with Crippen molar-refractivity contribution in [2.75, 3.05) is 13.2 Å². The first kappa shape index (κ1) is 20.0. The zero-order valence-electron chi connectivity index (χ0n) is 15.0. The second-order valence-corrected chi connectivity index (χ2v) is 5.64. The van der Waals surface area contributed by atoms with Crippen LogP contribution in [0.15, 0.2) is 54.6 Å². The highest BCUT2D eigenvalue weighted by Crippen LogP contribution is 2.16. The second kappa shape index (κ2) is 10.0. The summed E-state index contributed by atoms with van der Waals surface area (Å²) in [6.45, 7) is 1.54. The lowest BCUT2D eigenvalue weighted by atomic mass is 9.98. The van der Waals surface area contributed by atoms with Crippen molar-refractivity contribution in [1.29, 1.82) is 0 Å². The summed E-state index contributed by atoms with van der Waals surface area (Å²) in [5.41, 5.74) is 0.906. The van der Waals surface area contributed by atoms with Gasteiger partial charge in [0.1, 0.15) is 0 Å². The monoisotopic (exact) mass is 368 g/mol. The van der Waals surface area contributed by atoms with E-state index in [2.05, 4.69) is 0 Å². The zero-order chi connectivity index (χ0) is 19.6. The minimum absolute atomic E-state index is 0.000288. The molecule has 6 nitrogen and oxygen atoms in total. The summed E-state index contributed by atoms with van der Waals surface area (Å²) in [6.07, 6.45) is 0.337. The van der Waals surface area contributed by atoms with Crippen LogP contribution in [-0.4, -0.2) is 36.7 Å². The van der Waals surface area contributed by atoms with Gasteiger partial charge in [0.25, 0.3) is 0 Å². The first-order chi connectivity index (χ1) is 13.0. The van der Waals surface area contributed by atoms with E-state index in [1.54, 1.807) is 55.5 Å². The van der Waals surface area contributed by atoms with E-state index < -0.39 is 17.7 Å². The van der Waals surface area contributed by atoms with Gasteiger partial charge in [0.15, 0.2) is 5.78 Å². The Labute approximate surface area is 157 Å². The molecule has 0 bridgehead atoms. The number of Topliss-reactive ketones (excluding diaryl/α,β-unsaturated/α-hetero) is 1. The van der Waals surface area contributed by atoms with Crippen molar-refractivity contribution in [3.63, 3.8) is 0 Å². The topological polar surface area (TPSA) is 86.7 Å². The van der Waals surface area contributed by atoms with Crippen molar-refractivity contribution < 1.29 is 28.7 Å². The molecular weight excluding hydrogens is 348 g/mol. The van der Waals surface area contributed by atoms with Crippen LogP contribution in [-0.2, 0) is 19.1 Å². The van der Waals surface area contributed by atoms with Crippen LogP contribution in [0.3, 0.4) is 0 Å². The van der Waals surface area contributed by atoms with Gasteiger partial charge in [-0.3, -0.25) is 9.59 Å². The molecule has 0 atom stereocenters. The molecule has 0 fully saturated rings. The first-order valence-corrected chi connectivity index (χ1v) is 8.60. The van der Waals surface area contributed by atoms with Gasteiger partial charge in [-0.25, -0.2) is 9.59 Å². The number of esters is 2. The molecule has 2 aromatic rings. The predicted molar refractivity (Wildman–Crippen MR) is 97.5 cm³/mol. The lowest BCUT2D eigenvalue weighted by Gasteiger charge is -2.09. The molecule has 0 saturated heterocycles. The van der Waals surface area contributed by atoms with Gasteiger partial charge in [-0.15, -0.1) is 0 Å². The number of hydrogen-bond donors (Lipinski definition) is 0. The van der Waals surface area contributed by atoms with Gasteiger partial charge < -0.3 is 9.47 Å². The lowest BCUT2D eigenvalue weighted by Crippen LogP contribution is -2.18. The molecule has 2 aromatic carbocycles. The third kappa shape index (κ3) is 5.60. The Morgan fingerprint density at radius 3 is 2.04 bits per heavy atom. The molecule has 0 aliphatic rings. The average molecular weight is 368 g/mol. The summed E-state index contributed by atoms with van der Waals surface area (Å²) in [6, 6.07) is 15.1. The summed E-state index contributed by atoms with van der Waals surface area (Å²) < 4.78 is 9.92. The Hall–Kier alpha value is -3.28. The maximum Gasteiger partial charge on any atom is 0.374 e. The van der Waals surface area contributed by atoms with Crippen LogP contribution in [0.4, 0.5) is 0 Å². The average Bonchev–Trinajstić information content (AvgIpc) is 2.72. The van der Waals surface area contributed by atoms with Crippen LogP contribution in [0.5, 0.6) is 0 Å². The quantitative estimate of drug-likeness (QED) is 0.293. The standard InChI is InChI=1S/C21H20O6/c1-2-18(22)21(25)27-14-8-13-26-20(24)17-12-7-6-11-16(17)19(23)15-9-4-3-5-10-15/h3-7,9-12H,2,8,13-14H2,1H3. The maximum atomic E-state index is 12.6. The van der Waals surface area contributed by atoms with Gasteiger partial charge in [-0.1, -0.05) is 55.5 Å². The minimum Gasteiger partial charge on any atom is -0.462 e. The van der Waals surface area contributed by atoms with Gasteiger partial charge in [0, 0.05) is 24.0 Å². The number of benzene rings is 2. The number of carbonyl (C=O) groups is 4. The molecule has 0 aliphatic carbocycles.